The van der Waals surface area contributed by atoms with Gasteiger partial charge in [0.25, 0.3) is 0 Å². The van der Waals surface area contributed by atoms with E-state index < -0.39 is 0 Å². The van der Waals surface area contributed by atoms with Crippen molar-refractivity contribution in [1.29, 1.82) is 0 Å². The fraction of sp³-hybridized carbons (Fsp3) is 0.929. The number of esters is 1. The van der Waals surface area contributed by atoms with E-state index >= 15 is 0 Å². The van der Waals surface area contributed by atoms with Gasteiger partial charge in [-0.15, -0.1) is 0 Å². The number of carbonyl (C=O) groups is 1. The Labute approximate surface area is 110 Å². The number of rotatable bonds is 5. The SMILES string of the molecule is CC(C)CC(CN)C(=O)OC1CC(C)OC(C)C1. The zero-order valence-electron chi connectivity index (χ0n) is 12.0. The number of hydrogen-bond acceptors (Lipinski definition) is 4. The summed E-state index contributed by atoms with van der Waals surface area (Å²) < 4.78 is 11.2. The Morgan fingerprint density at radius 1 is 1.33 bits per heavy atom. The molecule has 1 saturated heterocycles. The van der Waals surface area contributed by atoms with Gasteiger partial charge in [-0.2, -0.15) is 0 Å². The monoisotopic (exact) mass is 257 g/mol. The fourth-order valence-corrected chi connectivity index (χ4v) is 2.56. The number of carbonyl (C=O) groups excluding carboxylic acids is 1. The van der Waals surface area contributed by atoms with Crippen LogP contribution in [0.4, 0.5) is 0 Å². The Morgan fingerprint density at radius 2 is 1.89 bits per heavy atom. The average molecular weight is 257 g/mol. The van der Waals surface area contributed by atoms with E-state index in [9.17, 15) is 4.79 Å². The van der Waals surface area contributed by atoms with Gasteiger partial charge >= 0.3 is 5.97 Å². The summed E-state index contributed by atoms with van der Waals surface area (Å²) >= 11 is 0. The van der Waals surface area contributed by atoms with Gasteiger partial charge in [0, 0.05) is 19.4 Å². The van der Waals surface area contributed by atoms with Crippen LogP contribution >= 0.6 is 0 Å². The van der Waals surface area contributed by atoms with Crippen molar-refractivity contribution < 1.29 is 14.3 Å². The molecule has 0 spiro atoms. The molecule has 18 heavy (non-hydrogen) atoms. The predicted octanol–water partition coefficient (Wildman–Crippen LogP) is 2.11. The van der Waals surface area contributed by atoms with E-state index in [1.165, 1.54) is 0 Å². The van der Waals surface area contributed by atoms with Crippen molar-refractivity contribution in [3.8, 4) is 0 Å². The van der Waals surface area contributed by atoms with Gasteiger partial charge in [-0.25, -0.2) is 0 Å². The standard InChI is InChI=1S/C14H27NO3/c1-9(2)5-12(8-15)14(16)18-13-6-10(3)17-11(4)7-13/h9-13H,5-8,15H2,1-4H3. The van der Waals surface area contributed by atoms with Crippen LogP contribution in [0.25, 0.3) is 0 Å². The molecule has 3 atom stereocenters. The molecule has 1 aliphatic heterocycles. The van der Waals surface area contributed by atoms with E-state index in [1.807, 2.05) is 13.8 Å². The van der Waals surface area contributed by atoms with Crippen LogP contribution in [-0.2, 0) is 14.3 Å². The van der Waals surface area contributed by atoms with E-state index in [2.05, 4.69) is 13.8 Å². The van der Waals surface area contributed by atoms with Crippen LogP contribution in [-0.4, -0.2) is 30.8 Å². The topological polar surface area (TPSA) is 61.6 Å². The van der Waals surface area contributed by atoms with Crippen molar-refractivity contribution >= 4 is 5.97 Å². The second-order valence-electron chi connectivity index (χ2n) is 5.85. The molecular formula is C14H27NO3. The van der Waals surface area contributed by atoms with E-state index in [4.69, 9.17) is 15.2 Å². The lowest BCUT2D eigenvalue weighted by Crippen LogP contribution is -2.38. The first-order chi connectivity index (χ1) is 8.42. The molecule has 0 aromatic heterocycles. The fourth-order valence-electron chi connectivity index (χ4n) is 2.56. The Bertz CT molecular complexity index is 258. The van der Waals surface area contributed by atoms with Crippen LogP contribution < -0.4 is 5.73 Å². The maximum Gasteiger partial charge on any atom is 0.310 e. The van der Waals surface area contributed by atoms with Crippen molar-refractivity contribution in [3.63, 3.8) is 0 Å². The van der Waals surface area contributed by atoms with Gasteiger partial charge in [0.05, 0.1) is 18.1 Å². The average Bonchev–Trinajstić information content (AvgIpc) is 2.23. The molecule has 0 aromatic rings. The largest absolute Gasteiger partial charge is 0.462 e. The van der Waals surface area contributed by atoms with Crippen LogP contribution in [0.15, 0.2) is 0 Å². The van der Waals surface area contributed by atoms with Gasteiger partial charge in [-0.1, -0.05) is 13.8 Å². The second kappa shape index (κ2) is 7.10. The van der Waals surface area contributed by atoms with E-state index in [1.54, 1.807) is 0 Å². The van der Waals surface area contributed by atoms with E-state index in [-0.39, 0.29) is 30.2 Å². The number of hydrogen-bond donors (Lipinski definition) is 1. The van der Waals surface area contributed by atoms with Crippen LogP contribution in [0, 0.1) is 11.8 Å². The Kier molecular flexibility index (Phi) is 6.09. The van der Waals surface area contributed by atoms with Crippen LogP contribution in [0.5, 0.6) is 0 Å². The molecule has 1 heterocycles. The van der Waals surface area contributed by atoms with Gasteiger partial charge < -0.3 is 15.2 Å². The predicted molar refractivity (Wildman–Crippen MR) is 71.1 cm³/mol. The van der Waals surface area contributed by atoms with Crippen molar-refractivity contribution in [2.24, 2.45) is 17.6 Å². The van der Waals surface area contributed by atoms with Gasteiger partial charge in [0.1, 0.15) is 6.10 Å². The molecule has 0 aliphatic carbocycles. The summed E-state index contributed by atoms with van der Waals surface area (Å²) in [5, 5.41) is 0. The molecule has 0 amide bonds. The van der Waals surface area contributed by atoms with Crippen molar-refractivity contribution in [3.05, 3.63) is 0 Å². The van der Waals surface area contributed by atoms with Crippen molar-refractivity contribution in [2.45, 2.75) is 65.3 Å². The molecule has 1 aliphatic rings. The smallest absolute Gasteiger partial charge is 0.310 e. The molecule has 1 fully saturated rings. The molecule has 0 saturated carbocycles. The number of nitrogens with two attached hydrogens (primary N) is 1. The lowest BCUT2D eigenvalue weighted by atomic mass is 9.97. The molecule has 4 nitrogen and oxygen atoms in total. The normalized spacial score (nSPS) is 30.2. The maximum atomic E-state index is 12.0. The molecule has 2 N–H and O–H groups in total. The lowest BCUT2D eigenvalue weighted by molar-refractivity contribution is -0.164. The summed E-state index contributed by atoms with van der Waals surface area (Å²) in [7, 11) is 0. The summed E-state index contributed by atoms with van der Waals surface area (Å²) in [4.78, 5) is 12.0. The third kappa shape index (κ3) is 4.94. The second-order valence-corrected chi connectivity index (χ2v) is 5.85. The highest BCUT2D eigenvalue weighted by Crippen LogP contribution is 2.23. The molecule has 3 unspecified atom stereocenters. The van der Waals surface area contributed by atoms with Crippen LogP contribution in [0.3, 0.4) is 0 Å². The zero-order chi connectivity index (χ0) is 13.7. The summed E-state index contributed by atoms with van der Waals surface area (Å²) in [6.45, 7) is 8.59. The minimum atomic E-state index is -0.168. The molecule has 1 rings (SSSR count). The molecule has 106 valence electrons. The minimum absolute atomic E-state index is 0.0162. The molecular weight excluding hydrogens is 230 g/mol. The lowest BCUT2D eigenvalue weighted by Gasteiger charge is -2.32. The molecule has 0 radical (unpaired) electrons. The van der Waals surface area contributed by atoms with Gasteiger partial charge in [0.2, 0.25) is 0 Å². The Hall–Kier alpha value is -0.610. The molecule has 4 heteroatoms. The summed E-state index contributed by atoms with van der Waals surface area (Å²) in [5.41, 5.74) is 5.66. The van der Waals surface area contributed by atoms with Crippen LogP contribution in [0.1, 0.15) is 47.0 Å². The van der Waals surface area contributed by atoms with Crippen molar-refractivity contribution in [1.82, 2.24) is 0 Å². The first-order valence-electron chi connectivity index (χ1n) is 6.98. The third-order valence-electron chi connectivity index (χ3n) is 3.31. The summed E-state index contributed by atoms with van der Waals surface area (Å²) in [6.07, 6.45) is 2.67. The van der Waals surface area contributed by atoms with Crippen molar-refractivity contribution in [2.75, 3.05) is 6.54 Å². The Balaban J connectivity index is 2.47. The van der Waals surface area contributed by atoms with E-state index in [0.717, 1.165) is 19.3 Å². The number of ether oxygens (including phenoxy) is 2. The van der Waals surface area contributed by atoms with Gasteiger partial charge in [-0.05, 0) is 26.2 Å². The van der Waals surface area contributed by atoms with Gasteiger partial charge in [-0.3, -0.25) is 4.79 Å². The van der Waals surface area contributed by atoms with E-state index in [0.29, 0.717) is 12.5 Å². The minimum Gasteiger partial charge on any atom is -0.462 e. The molecule has 0 bridgehead atoms. The highest BCUT2D eigenvalue weighted by Gasteiger charge is 2.29. The highest BCUT2D eigenvalue weighted by atomic mass is 16.6. The Morgan fingerprint density at radius 3 is 2.33 bits per heavy atom. The summed E-state index contributed by atoms with van der Waals surface area (Å²) in [6, 6.07) is 0. The zero-order valence-corrected chi connectivity index (χ0v) is 12.0. The molecule has 0 aromatic carbocycles. The highest BCUT2D eigenvalue weighted by molar-refractivity contribution is 5.72. The third-order valence-corrected chi connectivity index (χ3v) is 3.31. The summed E-state index contributed by atoms with van der Waals surface area (Å²) in [5.74, 6) is 0.148. The first kappa shape index (κ1) is 15.4. The first-order valence-corrected chi connectivity index (χ1v) is 6.98. The quantitative estimate of drug-likeness (QED) is 0.766. The van der Waals surface area contributed by atoms with Crippen LogP contribution in [0.2, 0.25) is 0 Å². The van der Waals surface area contributed by atoms with Gasteiger partial charge in [0.15, 0.2) is 0 Å². The maximum absolute atomic E-state index is 12.0.